The van der Waals surface area contributed by atoms with E-state index in [0.717, 1.165) is 19.4 Å². The number of aromatic nitrogens is 2. The van der Waals surface area contributed by atoms with Crippen molar-refractivity contribution in [2.24, 2.45) is 5.92 Å². The minimum atomic E-state index is -0.250. The van der Waals surface area contributed by atoms with E-state index >= 15 is 0 Å². The summed E-state index contributed by atoms with van der Waals surface area (Å²) in [5, 5.41) is 0.405. The fourth-order valence-corrected chi connectivity index (χ4v) is 5.87. The molecule has 3 heterocycles. The second-order valence-corrected chi connectivity index (χ2v) is 9.96. The first kappa shape index (κ1) is 26.4. The van der Waals surface area contributed by atoms with Crippen LogP contribution >= 0.6 is 0 Å². The molecule has 0 aliphatic carbocycles. The summed E-state index contributed by atoms with van der Waals surface area (Å²) >= 11 is 0. The van der Waals surface area contributed by atoms with Crippen molar-refractivity contribution >= 4 is 16.8 Å². The number of aryl methyl sites for hydroxylation is 1. The van der Waals surface area contributed by atoms with Gasteiger partial charge in [-0.1, -0.05) is 6.42 Å². The number of piperidine rings is 2. The lowest BCUT2D eigenvalue weighted by Crippen LogP contribution is -2.52. The smallest absolute Gasteiger partial charge is 0.262 e. The Bertz CT molecular complexity index is 1120. The Hall–Kier alpha value is -2.65. The van der Waals surface area contributed by atoms with E-state index in [0.29, 0.717) is 53.3 Å². The number of fused-ring (bicyclic) bond motifs is 2. The van der Waals surface area contributed by atoms with Gasteiger partial charge in [0, 0.05) is 38.9 Å². The molecule has 0 radical (unpaired) electrons. The quantitative estimate of drug-likeness (QED) is 0.464. The van der Waals surface area contributed by atoms with Crippen molar-refractivity contribution in [2.45, 2.75) is 58.0 Å². The lowest BCUT2D eigenvalue weighted by molar-refractivity contribution is -0.133. The van der Waals surface area contributed by atoms with Gasteiger partial charge in [0.25, 0.3) is 5.56 Å². The van der Waals surface area contributed by atoms with Crippen LogP contribution in [-0.2, 0) is 16.1 Å². The van der Waals surface area contributed by atoms with E-state index in [1.165, 1.54) is 50.4 Å². The molecule has 9 heteroatoms. The zero-order chi connectivity index (χ0) is 25.7. The van der Waals surface area contributed by atoms with Crippen LogP contribution in [0.15, 0.2) is 16.9 Å². The molecule has 2 atom stereocenters. The topological polar surface area (TPSA) is 86.1 Å². The lowest BCUT2D eigenvalue weighted by atomic mass is 9.83. The predicted octanol–water partition coefficient (Wildman–Crippen LogP) is 2.85. The number of hydrogen-bond donors (Lipinski definition) is 0. The van der Waals surface area contributed by atoms with E-state index in [4.69, 9.17) is 14.2 Å². The number of hydrogen-bond acceptors (Lipinski definition) is 7. The van der Waals surface area contributed by atoms with Crippen LogP contribution in [0.1, 0.15) is 44.3 Å². The maximum atomic E-state index is 13.6. The number of nitrogens with zero attached hydrogens (tertiary/aromatic N) is 4. The van der Waals surface area contributed by atoms with E-state index in [1.54, 1.807) is 33.3 Å². The highest BCUT2D eigenvalue weighted by molar-refractivity contribution is 5.82. The number of carbonyl (C=O) groups is 1. The van der Waals surface area contributed by atoms with E-state index in [1.807, 2.05) is 4.90 Å². The van der Waals surface area contributed by atoms with E-state index in [2.05, 4.69) is 9.88 Å². The average Bonchev–Trinajstić information content (AvgIpc) is 2.89. The molecule has 0 N–H and O–H groups in total. The van der Waals surface area contributed by atoms with Crippen molar-refractivity contribution in [2.75, 3.05) is 54.1 Å². The van der Waals surface area contributed by atoms with Gasteiger partial charge in [0.1, 0.15) is 12.4 Å². The van der Waals surface area contributed by atoms with E-state index < -0.39 is 0 Å². The van der Waals surface area contributed by atoms with Crippen LogP contribution in [0.2, 0.25) is 0 Å². The Balaban J connectivity index is 1.58. The van der Waals surface area contributed by atoms with Crippen molar-refractivity contribution in [1.29, 1.82) is 0 Å². The number of carbonyl (C=O) groups excluding carboxylic acids is 1. The summed E-state index contributed by atoms with van der Waals surface area (Å²) in [6.45, 7) is 6.02. The SMILES string of the molecule is COCCCN(CC1CCCN2CCCCC12)C(=O)Cn1c(C)nc2cc(OC)c(OC)cc2c1=O. The minimum Gasteiger partial charge on any atom is -0.493 e. The van der Waals surface area contributed by atoms with Crippen LogP contribution < -0.4 is 15.0 Å². The van der Waals surface area contributed by atoms with Crippen LogP contribution in [-0.4, -0.2) is 85.4 Å². The Morgan fingerprint density at radius 1 is 1.08 bits per heavy atom. The molecule has 2 unspecified atom stereocenters. The third-order valence-electron chi connectivity index (χ3n) is 7.76. The maximum Gasteiger partial charge on any atom is 0.262 e. The predicted molar refractivity (Wildman–Crippen MR) is 139 cm³/mol. The van der Waals surface area contributed by atoms with Crippen molar-refractivity contribution in [3.63, 3.8) is 0 Å². The second kappa shape index (κ2) is 12.1. The summed E-state index contributed by atoms with van der Waals surface area (Å²) < 4.78 is 17.5. The fraction of sp³-hybridized carbons (Fsp3) is 0.667. The van der Waals surface area contributed by atoms with Gasteiger partial charge >= 0.3 is 0 Å². The summed E-state index contributed by atoms with van der Waals surface area (Å²) in [5.41, 5.74) is 0.273. The monoisotopic (exact) mass is 500 g/mol. The standard InChI is InChI=1S/C27H40N4O5/c1-19-28-22-16-25(36-4)24(35-3)15-21(22)27(33)31(19)18-26(32)30(13-8-14-34-2)17-20-9-7-12-29-11-6-5-10-23(20)29/h15-16,20,23H,5-14,17-18H2,1-4H3. The molecule has 198 valence electrons. The fourth-order valence-electron chi connectivity index (χ4n) is 5.87. The van der Waals surface area contributed by atoms with Crippen molar-refractivity contribution in [3.05, 3.63) is 28.3 Å². The van der Waals surface area contributed by atoms with Crippen molar-refractivity contribution in [3.8, 4) is 11.5 Å². The average molecular weight is 501 g/mol. The largest absolute Gasteiger partial charge is 0.493 e. The van der Waals surface area contributed by atoms with Gasteiger partial charge in [-0.15, -0.1) is 0 Å². The Morgan fingerprint density at radius 2 is 1.83 bits per heavy atom. The third kappa shape index (κ3) is 5.67. The van der Waals surface area contributed by atoms with E-state index in [9.17, 15) is 9.59 Å². The lowest BCUT2D eigenvalue weighted by Gasteiger charge is -2.45. The summed E-state index contributed by atoms with van der Waals surface area (Å²) in [4.78, 5) is 36.3. The highest BCUT2D eigenvalue weighted by Gasteiger charge is 2.34. The van der Waals surface area contributed by atoms with Crippen LogP contribution in [0.5, 0.6) is 11.5 Å². The second-order valence-electron chi connectivity index (χ2n) is 9.96. The Labute approximate surface area is 213 Å². The molecule has 2 aliphatic heterocycles. The third-order valence-corrected chi connectivity index (χ3v) is 7.76. The Morgan fingerprint density at radius 3 is 2.58 bits per heavy atom. The van der Waals surface area contributed by atoms with Gasteiger partial charge in [-0.2, -0.15) is 0 Å². The van der Waals surface area contributed by atoms with Crippen LogP contribution in [0, 0.1) is 12.8 Å². The molecule has 2 aromatic rings. The van der Waals surface area contributed by atoms with Crippen molar-refractivity contribution < 1.29 is 19.0 Å². The van der Waals surface area contributed by atoms with Crippen LogP contribution in [0.25, 0.3) is 10.9 Å². The summed E-state index contributed by atoms with van der Waals surface area (Å²) in [6.07, 6.45) is 6.84. The first-order valence-corrected chi connectivity index (χ1v) is 13.1. The summed E-state index contributed by atoms with van der Waals surface area (Å²) in [7, 11) is 4.76. The molecule has 2 saturated heterocycles. The zero-order valence-electron chi connectivity index (χ0n) is 22.1. The van der Waals surface area contributed by atoms with Gasteiger partial charge in [-0.25, -0.2) is 4.98 Å². The van der Waals surface area contributed by atoms with Crippen molar-refractivity contribution in [1.82, 2.24) is 19.4 Å². The summed E-state index contributed by atoms with van der Waals surface area (Å²) in [6, 6.07) is 3.89. The zero-order valence-corrected chi connectivity index (χ0v) is 22.1. The van der Waals surface area contributed by atoms with Gasteiger partial charge < -0.3 is 24.0 Å². The molecular weight excluding hydrogens is 460 g/mol. The number of ether oxygens (including phenoxy) is 3. The Kier molecular flexibility index (Phi) is 8.85. The molecule has 2 aliphatic rings. The maximum absolute atomic E-state index is 13.6. The minimum absolute atomic E-state index is 0.0317. The normalized spacial score (nSPS) is 20.2. The molecule has 0 bridgehead atoms. The highest BCUT2D eigenvalue weighted by atomic mass is 16.5. The number of benzene rings is 1. The van der Waals surface area contributed by atoms with Gasteiger partial charge in [0.15, 0.2) is 11.5 Å². The van der Waals surface area contributed by atoms with Gasteiger partial charge in [0.05, 0.1) is 25.1 Å². The summed E-state index contributed by atoms with van der Waals surface area (Å²) in [5.74, 6) is 1.89. The molecule has 1 amide bonds. The molecule has 0 spiro atoms. The molecule has 2 fully saturated rings. The molecule has 1 aromatic heterocycles. The number of methoxy groups -OCH3 is 3. The van der Waals surface area contributed by atoms with E-state index in [-0.39, 0.29) is 18.0 Å². The highest BCUT2D eigenvalue weighted by Crippen LogP contribution is 2.32. The van der Waals surface area contributed by atoms with Gasteiger partial charge in [0.2, 0.25) is 5.91 Å². The van der Waals surface area contributed by atoms with Gasteiger partial charge in [-0.05, 0) is 64.1 Å². The molecule has 0 saturated carbocycles. The molecule has 1 aromatic carbocycles. The number of rotatable bonds is 10. The first-order chi connectivity index (χ1) is 17.5. The molecular formula is C27H40N4O5. The first-order valence-electron chi connectivity index (χ1n) is 13.1. The molecule has 36 heavy (non-hydrogen) atoms. The number of amides is 1. The molecule has 9 nitrogen and oxygen atoms in total. The molecule has 4 rings (SSSR count). The van der Waals surface area contributed by atoms with Gasteiger partial charge in [-0.3, -0.25) is 14.2 Å². The van der Waals surface area contributed by atoms with Crippen LogP contribution in [0.4, 0.5) is 0 Å². The van der Waals surface area contributed by atoms with Crippen LogP contribution in [0.3, 0.4) is 0 Å².